The molecule has 5 nitrogen and oxygen atoms in total. The van der Waals surface area contributed by atoms with Crippen LogP contribution in [0.5, 0.6) is 0 Å². The molecule has 4 rings (SSSR count). The van der Waals surface area contributed by atoms with Gasteiger partial charge in [-0.2, -0.15) is 0 Å². The number of likely N-dealkylation sites (tertiary alicyclic amines) is 1. The Balaban J connectivity index is 1.51. The maximum Gasteiger partial charge on any atom is 0.256 e. The molecule has 3 heterocycles. The van der Waals surface area contributed by atoms with E-state index in [9.17, 15) is 9.90 Å². The SMILES string of the molecule is O=c1[nH]c(C2CCN([C@H]3COC[C@H]3O)CC2)cc2ccccc12. The number of aliphatic hydroxyl groups is 1. The van der Waals surface area contributed by atoms with E-state index in [-0.39, 0.29) is 17.7 Å². The van der Waals surface area contributed by atoms with Crippen LogP contribution in [0.15, 0.2) is 35.1 Å². The first kappa shape index (κ1) is 14.9. The second kappa shape index (κ2) is 6.07. The molecular weight excluding hydrogens is 292 g/mol. The van der Waals surface area contributed by atoms with Crippen LogP contribution in [0.2, 0.25) is 0 Å². The maximum absolute atomic E-state index is 12.2. The van der Waals surface area contributed by atoms with Crippen LogP contribution in [0.25, 0.3) is 10.8 Å². The molecule has 0 saturated carbocycles. The van der Waals surface area contributed by atoms with Crippen LogP contribution in [-0.2, 0) is 4.74 Å². The zero-order valence-corrected chi connectivity index (χ0v) is 13.1. The third kappa shape index (κ3) is 2.80. The molecule has 2 atom stereocenters. The van der Waals surface area contributed by atoms with Crippen molar-refractivity contribution in [2.75, 3.05) is 26.3 Å². The van der Waals surface area contributed by atoms with Gasteiger partial charge in [-0.25, -0.2) is 0 Å². The highest BCUT2D eigenvalue weighted by Crippen LogP contribution is 2.29. The smallest absolute Gasteiger partial charge is 0.256 e. The minimum atomic E-state index is -0.368. The van der Waals surface area contributed by atoms with Crippen LogP contribution in [0.1, 0.15) is 24.5 Å². The molecule has 5 heteroatoms. The largest absolute Gasteiger partial charge is 0.389 e. The van der Waals surface area contributed by atoms with E-state index in [4.69, 9.17) is 4.74 Å². The van der Waals surface area contributed by atoms with Gasteiger partial charge < -0.3 is 14.8 Å². The van der Waals surface area contributed by atoms with Gasteiger partial charge in [-0.05, 0) is 43.5 Å². The van der Waals surface area contributed by atoms with E-state index in [2.05, 4.69) is 16.0 Å². The Labute approximate surface area is 134 Å². The summed E-state index contributed by atoms with van der Waals surface area (Å²) in [5.41, 5.74) is 1.04. The lowest BCUT2D eigenvalue weighted by Crippen LogP contribution is -2.46. The summed E-state index contributed by atoms with van der Waals surface area (Å²) in [6, 6.07) is 9.97. The van der Waals surface area contributed by atoms with Gasteiger partial charge in [0, 0.05) is 17.0 Å². The predicted octanol–water partition coefficient (Wildman–Crippen LogP) is 1.47. The highest BCUT2D eigenvalue weighted by atomic mass is 16.5. The number of H-pyrrole nitrogens is 1. The van der Waals surface area contributed by atoms with Crippen molar-refractivity contribution >= 4 is 10.8 Å². The maximum atomic E-state index is 12.2. The van der Waals surface area contributed by atoms with Crippen molar-refractivity contribution in [2.24, 2.45) is 0 Å². The summed E-state index contributed by atoms with van der Waals surface area (Å²) in [4.78, 5) is 17.6. The molecule has 0 radical (unpaired) electrons. The molecule has 0 aliphatic carbocycles. The third-order valence-electron chi connectivity index (χ3n) is 5.23. The number of nitrogens with one attached hydrogen (secondary N) is 1. The molecule has 2 aliphatic rings. The highest BCUT2D eigenvalue weighted by Gasteiger charge is 2.34. The number of ether oxygens (including phenoxy) is 1. The zero-order chi connectivity index (χ0) is 15.8. The molecule has 1 aromatic carbocycles. The molecule has 0 bridgehead atoms. The molecule has 2 saturated heterocycles. The molecule has 2 fully saturated rings. The Hall–Kier alpha value is -1.69. The minimum Gasteiger partial charge on any atom is -0.389 e. The lowest BCUT2D eigenvalue weighted by Gasteiger charge is -2.36. The summed E-state index contributed by atoms with van der Waals surface area (Å²) >= 11 is 0. The van der Waals surface area contributed by atoms with Crippen LogP contribution in [0, 0.1) is 0 Å². The number of fused-ring (bicyclic) bond motifs is 1. The summed E-state index contributed by atoms with van der Waals surface area (Å²) in [5.74, 6) is 0.378. The molecule has 2 N–H and O–H groups in total. The van der Waals surface area contributed by atoms with Crippen LogP contribution >= 0.6 is 0 Å². The second-order valence-corrected chi connectivity index (χ2v) is 6.62. The second-order valence-electron chi connectivity index (χ2n) is 6.62. The first-order valence-electron chi connectivity index (χ1n) is 8.34. The third-order valence-corrected chi connectivity index (χ3v) is 5.23. The van der Waals surface area contributed by atoms with Crippen LogP contribution in [0.4, 0.5) is 0 Å². The van der Waals surface area contributed by atoms with E-state index in [0.29, 0.717) is 19.1 Å². The Morgan fingerprint density at radius 2 is 1.96 bits per heavy atom. The molecule has 23 heavy (non-hydrogen) atoms. The van der Waals surface area contributed by atoms with Crippen molar-refractivity contribution in [1.29, 1.82) is 0 Å². The van der Waals surface area contributed by atoms with Crippen LogP contribution in [0.3, 0.4) is 0 Å². The average Bonchev–Trinajstić information content (AvgIpc) is 3.01. The van der Waals surface area contributed by atoms with E-state index in [1.54, 1.807) is 0 Å². The number of nitrogens with zero attached hydrogens (tertiary/aromatic N) is 1. The van der Waals surface area contributed by atoms with Gasteiger partial charge in [-0.1, -0.05) is 18.2 Å². The van der Waals surface area contributed by atoms with Crippen molar-refractivity contribution in [1.82, 2.24) is 9.88 Å². The Kier molecular flexibility index (Phi) is 3.93. The van der Waals surface area contributed by atoms with Gasteiger partial charge in [0.05, 0.1) is 25.4 Å². The van der Waals surface area contributed by atoms with E-state index >= 15 is 0 Å². The van der Waals surface area contributed by atoms with E-state index < -0.39 is 0 Å². The highest BCUT2D eigenvalue weighted by molar-refractivity contribution is 5.81. The first-order valence-corrected chi connectivity index (χ1v) is 8.34. The zero-order valence-electron chi connectivity index (χ0n) is 13.1. The molecular formula is C18H22N2O3. The first-order chi connectivity index (χ1) is 11.2. The normalized spacial score (nSPS) is 26.8. The number of aromatic amines is 1. The number of piperidine rings is 1. The van der Waals surface area contributed by atoms with Crippen molar-refractivity contribution in [3.63, 3.8) is 0 Å². The van der Waals surface area contributed by atoms with Gasteiger partial charge in [-0.3, -0.25) is 9.69 Å². The fourth-order valence-corrected chi connectivity index (χ4v) is 3.87. The van der Waals surface area contributed by atoms with Crippen molar-refractivity contribution in [3.8, 4) is 0 Å². The van der Waals surface area contributed by atoms with Gasteiger partial charge in [-0.15, -0.1) is 0 Å². The number of rotatable bonds is 2. The molecule has 0 unspecified atom stereocenters. The van der Waals surface area contributed by atoms with Gasteiger partial charge >= 0.3 is 0 Å². The monoisotopic (exact) mass is 314 g/mol. The van der Waals surface area contributed by atoms with Crippen molar-refractivity contribution in [2.45, 2.75) is 30.9 Å². The van der Waals surface area contributed by atoms with Crippen LogP contribution in [-0.4, -0.2) is 53.4 Å². The fourth-order valence-electron chi connectivity index (χ4n) is 3.87. The number of benzene rings is 1. The lowest BCUT2D eigenvalue weighted by molar-refractivity contribution is 0.0660. The molecule has 0 spiro atoms. The summed E-state index contributed by atoms with van der Waals surface area (Å²) in [6.07, 6.45) is 1.63. The number of hydrogen-bond acceptors (Lipinski definition) is 4. The topological polar surface area (TPSA) is 65.6 Å². The standard InChI is InChI=1S/C18H22N2O3/c21-17-11-23-10-16(17)20-7-5-12(6-8-20)15-9-13-3-1-2-4-14(13)18(22)19-15/h1-4,9,12,16-17,21H,5-8,10-11H2,(H,19,22)/t16-,17+/m0/s1. The molecule has 2 aliphatic heterocycles. The Morgan fingerprint density at radius 1 is 1.17 bits per heavy atom. The van der Waals surface area contributed by atoms with Crippen LogP contribution < -0.4 is 5.56 Å². The van der Waals surface area contributed by atoms with Gasteiger partial charge in [0.1, 0.15) is 0 Å². The predicted molar refractivity (Wildman–Crippen MR) is 88.7 cm³/mol. The minimum absolute atomic E-state index is 0.000134. The quantitative estimate of drug-likeness (QED) is 0.881. The Bertz CT molecular complexity index is 749. The number of hydrogen-bond donors (Lipinski definition) is 2. The van der Waals surface area contributed by atoms with Gasteiger partial charge in [0.25, 0.3) is 5.56 Å². The number of pyridine rings is 1. The fraction of sp³-hybridized carbons (Fsp3) is 0.500. The van der Waals surface area contributed by atoms with E-state index in [1.807, 2.05) is 24.3 Å². The summed E-state index contributed by atoms with van der Waals surface area (Å²) < 4.78 is 5.36. The summed E-state index contributed by atoms with van der Waals surface area (Å²) in [7, 11) is 0. The molecule has 2 aromatic rings. The molecule has 122 valence electrons. The van der Waals surface area contributed by atoms with Gasteiger partial charge in [0.15, 0.2) is 0 Å². The van der Waals surface area contributed by atoms with Crippen molar-refractivity contribution < 1.29 is 9.84 Å². The average molecular weight is 314 g/mol. The Morgan fingerprint density at radius 3 is 2.70 bits per heavy atom. The molecule has 1 aromatic heterocycles. The number of aromatic nitrogens is 1. The number of aliphatic hydroxyl groups excluding tert-OH is 1. The van der Waals surface area contributed by atoms with E-state index in [1.165, 1.54) is 0 Å². The molecule has 0 amide bonds. The lowest BCUT2D eigenvalue weighted by atomic mass is 9.91. The summed E-state index contributed by atoms with van der Waals surface area (Å²) in [6.45, 7) is 2.94. The van der Waals surface area contributed by atoms with Crippen molar-refractivity contribution in [3.05, 3.63) is 46.4 Å². The summed E-state index contributed by atoms with van der Waals surface area (Å²) in [5, 5.41) is 11.7. The van der Waals surface area contributed by atoms with Gasteiger partial charge in [0.2, 0.25) is 0 Å². The van der Waals surface area contributed by atoms with E-state index in [0.717, 1.165) is 42.4 Å².